The van der Waals surface area contributed by atoms with Crippen molar-refractivity contribution in [1.82, 2.24) is 0 Å². The van der Waals surface area contributed by atoms with Gasteiger partial charge < -0.3 is 0 Å². The Kier molecular flexibility index (Phi) is 30.6. The third-order valence-electron chi connectivity index (χ3n) is 28.2. The third-order valence-corrected chi connectivity index (χ3v) is 28.2. The van der Waals surface area contributed by atoms with Crippen LogP contribution in [0.5, 0.6) is 0 Å². The molecule has 0 unspecified atom stereocenters. The van der Waals surface area contributed by atoms with Crippen molar-refractivity contribution in [3.05, 3.63) is 0 Å². The van der Waals surface area contributed by atoms with Crippen LogP contribution in [0.25, 0.3) is 0 Å². The molecule has 16 fully saturated rings. The van der Waals surface area contributed by atoms with E-state index >= 15 is 0 Å². The van der Waals surface area contributed by atoms with Crippen LogP contribution in [0.4, 0.5) is 0 Å². The summed E-state index contributed by atoms with van der Waals surface area (Å²) >= 11 is 0. The van der Waals surface area contributed by atoms with E-state index in [1.54, 1.807) is 189 Å². The lowest BCUT2D eigenvalue weighted by molar-refractivity contribution is -0.0545. The van der Waals surface area contributed by atoms with Gasteiger partial charge in [-0.3, -0.25) is 0 Å². The van der Waals surface area contributed by atoms with E-state index in [-0.39, 0.29) is 11.3 Å². The van der Waals surface area contributed by atoms with Gasteiger partial charge in [0.2, 0.25) is 0 Å². The molecule has 0 heterocycles. The highest BCUT2D eigenvalue weighted by Crippen LogP contribution is 2.62. The highest BCUT2D eigenvalue weighted by Gasteiger charge is 2.50. The molecule has 0 aliphatic heterocycles. The summed E-state index contributed by atoms with van der Waals surface area (Å²) in [5.74, 6) is 13.4. The van der Waals surface area contributed by atoms with Gasteiger partial charge in [-0.15, -0.1) is 0 Å². The molecule has 16 saturated carbocycles. The molecule has 0 N–H and O–H groups in total. The van der Waals surface area contributed by atoms with Crippen molar-refractivity contribution in [1.29, 1.82) is 0 Å². The van der Waals surface area contributed by atoms with Crippen molar-refractivity contribution in [3.8, 4) is 0 Å². The Balaban J connectivity index is 0.000000205. The minimum atomic E-state index is -1.81. The monoisotopic (exact) mass is 1320 g/mol. The Bertz CT molecular complexity index is 2080. The predicted octanol–water partition coefficient (Wildman–Crippen LogP) is 32.5. The average molecular weight is 1320 g/mol. The Labute approximate surface area is 605 Å². The number of rotatable bonds is 3. The second-order valence-electron chi connectivity index (χ2n) is 43.1. The van der Waals surface area contributed by atoms with Gasteiger partial charge in [0, 0.05) is 9.60 Å². The summed E-state index contributed by atoms with van der Waals surface area (Å²) in [5.41, 5.74) is 4.48. The van der Waals surface area contributed by atoms with Gasteiger partial charge in [-0.05, 0) is 305 Å². The van der Waals surface area contributed by atoms with Crippen molar-refractivity contribution in [2.75, 3.05) is 0 Å². The Morgan fingerprint density at radius 2 is 0.628 bits per heavy atom. The zero-order valence-corrected chi connectivity index (χ0v) is 68.7. The maximum atomic E-state index is 7.25. The maximum absolute atomic E-state index is 7.25. The smallest absolute Gasteiger partial charge is 0.0269 e. The summed E-state index contributed by atoms with van der Waals surface area (Å²) in [7, 11) is 0. The number of hydrogen-bond donors (Lipinski definition) is 0. The molecule has 0 amide bonds. The van der Waals surface area contributed by atoms with Crippen LogP contribution in [0.3, 0.4) is 0 Å². The first-order valence-electron chi connectivity index (χ1n) is 46.5. The van der Waals surface area contributed by atoms with Gasteiger partial charge in [-0.1, -0.05) is 294 Å². The van der Waals surface area contributed by atoms with Crippen LogP contribution in [-0.4, -0.2) is 0 Å². The van der Waals surface area contributed by atoms with Crippen LogP contribution in [0.2, 0.25) is 0 Å². The summed E-state index contributed by atoms with van der Waals surface area (Å²) < 4.78 is 49.4. The first-order chi connectivity index (χ1) is 46.5. The molecule has 0 atom stereocenters. The maximum Gasteiger partial charge on any atom is 0.0269 e. The minimum Gasteiger partial charge on any atom is -0.0651 e. The van der Waals surface area contributed by atoms with Crippen molar-refractivity contribution in [2.45, 2.75) is 474 Å². The minimum absolute atomic E-state index is 0.132. The molecule has 0 saturated heterocycles. The Morgan fingerprint density at radius 3 is 0.904 bits per heavy atom. The molecule has 16 aliphatic carbocycles. The van der Waals surface area contributed by atoms with E-state index in [9.17, 15) is 0 Å². The van der Waals surface area contributed by atoms with Gasteiger partial charge in [0.25, 0.3) is 0 Å². The first-order valence-corrected chi connectivity index (χ1v) is 43.0. The molecule has 0 aromatic carbocycles. The van der Waals surface area contributed by atoms with Crippen LogP contribution in [0.1, 0.15) is 483 Å². The van der Waals surface area contributed by atoms with Gasteiger partial charge in [0.1, 0.15) is 0 Å². The fraction of sp³-hybridized carbons (Fsp3) is 1.00. The molecular weight excluding hydrogens is 1130 g/mol. The number of hydrogen-bond acceptors (Lipinski definition) is 0. The highest BCUT2D eigenvalue weighted by atomic mass is 14.6. The van der Waals surface area contributed by atoms with Crippen LogP contribution >= 0.6 is 0 Å². The van der Waals surface area contributed by atoms with Crippen LogP contribution in [-0.2, 0) is 0 Å². The lowest BCUT2D eigenvalue weighted by atomic mass is 9.49. The van der Waals surface area contributed by atoms with Gasteiger partial charge >= 0.3 is 0 Å². The summed E-state index contributed by atoms with van der Waals surface area (Å²) in [6.45, 7) is 44.3. The van der Waals surface area contributed by atoms with Crippen molar-refractivity contribution in [3.63, 3.8) is 0 Å². The first kappa shape index (κ1) is 73.7. The zero-order chi connectivity index (χ0) is 75.7. The molecule has 94 heavy (non-hydrogen) atoms. The van der Waals surface area contributed by atoms with Gasteiger partial charge in [-0.2, -0.15) is 0 Å². The quantitative estimate of drug-likeness (QED) is 0.264. The van der Waals surface area contributed by atoms with Gasteiger partial charge in [-0.25, -0.2) is 0 Å². The molecule has 16 rings (SSSR count). The molecule has 0 nitrogen and oxygen atoms in total. The summed E-state index contributed by atoms with van der Waals surface area (Å²) in [6, 6.07) is 0. The molecule has 0 aromatic heterocycles. The lowest BCUT2D eigenvalue weighted by Gasteiger charge is -2.56. The van der Waals surface area contributed by atoms with E-state index in [0.29, 0.717) is 10.8 Å². The molecule has 16 aliphatic rings. The molecule has 0 aromatic rings. The van der Waals surface area contributed by atoms with E-state index in [2.05, 4.69) is 83.1 Å². The largest absolute Gasteiger partial charge is 0.0651 e. The lowest BCUT2D eigenvalue weighted by Crippen LogP contribution is -2.45. The summed E-state index contributed by atoms with van der Waals surface area (Å²) in [5, 5.41) is 0. The van der Waals surface area contributed by atoms with E-state index in [1.807, 2.05) is 34.6 Å². The van der Waals surface area contributed by atoms with E-state index < -0.39 is 25.0 Å². The Hall–Kier alpha value is 0. The van der Waals surface area contributed by atoms with E-state index in [0.717, 1.165) is 98.1 Å². The summed E-state index contributed by atoms with van der Waals surface area (Å²) in [4.78, 5) is 0. The molecule has 8 bridgehead atoms. The SMILES string of the molecule is CC(C)(C)C.CC12CC3CC(CC(C3)C1)C2.CC1CCC(C2CCCCC2)CC1.CC1CCC2(CC1)CCC(C)(C)CC2.CC1CCC2(CCCC2)CC1.CC1CCC2(CCCCC2)CC1.CCC12CC3CC(CC(C3)C1)C2.[2H]C([2H])(C)C(C)(C)C.[2H]C([2H])(C)C(C)C.[2H]C([2H])([2H])C(C)(C)C. The van der Waals surface area contributed by atoms with Crippen LogP contribution < -0.4 is 0 Å². The van der Waals surface area contributed by atoms with Crippen molar-refractivity contribution < 1.29 is 9.60 Å². The standard InChI is InChI=1S/C14H26.C13H24.C12H20.C12H22.C11H18.C11H20.C6H14.3C5H12/c1-12-4-6-14(7-5-12)10-8-13(2,3)9-11-14;1-11-7-9-13(10-8-11)12-5-3-2-4-6-12;1-2-12-6-9-3-10(7-12)5-11(4-9)8-12;1-11-5-9-12(10-6-11)7-3-2-4-8-12;1-11-5-8-2-9(6-11)4-10(3-8)7-11;1-10-4-8-11(9-5-10)6-2-3-7-11;1-5-6(2,3)4;2*1-5(2,3)4;1-4-5(2)3/h12H,4-11H2,1-3H3;11-13H,2-10H2,1H3;9-11H,2-8H2,1H3;11H,2-10H2,1H3;8-10H,2-7H2,1H3;10H,2-9H2,1H3;5H2,1-4H3;2*1-4H3;5H,4H2,1-3H3/i;;;;;;5D2;1D3;;4D2. The zero-order valence-electron chi connectivity index (χ0n) is 75.7. The van der Waals surface area contributed by atoms with Crippen LogP contribution in [0, 0.1) is 126 Å². The topological polar surface area (TPSA) is 0 Å². The van der Waals surface area contributed by atoms with E-state index in [4.69, 9.17) is 9.60 Å². The third kappa shape index (κ3) is 32.5. The second-order valence-corrected chi connectivity index (χ2v) is 43.1. The second kappa shape index (κ2) is 39.0. The fourth-order valence-corrected chi connectivity index (χ4v) is 22.1. The van der Waals surface area contributed by atoms with Gasteiger partial charge in [0.05, 0.1) is 0 Å². The Morgan fingerprint density at radius 1 is 0.362 bits per heavy atom. The fourth-order valence-electron chi connectivity index (χ4n) is 22.1. The van der Waals surface area contributed by atoms with Crippen molar-refractivity contribution in [2.24, 2.45) is 126 Å². The molecule has 0 radical (unpaired) electrons. The molecule has 556 valence electrons. The van der Waals surface area contributed by atoms with Crippen molar-refractivity contribution >= 4 is 0 Å². The van der Waals surface area contributed by atoms with E-state index in [1.165, 1.54) is 148 Å². The predicted molar refractivity (Wildman–Crippen MR) is 424 cm³/mol. The normalized spacial score (nSPS) is 35.9. The average Bonchev–Trinajstić information content (AvgIpc) is 1.28. The van der Waals surface area contributed by atoms with Gasteiger partial charge in [0.15, 0.2) is 0 Å². The molecule has 3 spiro atoms. The molecule has 0 heteroatoms. The van der Waals surface area contributed by atoms with Crippen LogP contribution in [0.15, 0.2) is 0 Å². The highest BCUT2D eigenvalue weighted by molar-refractivity contribution is 5.02. The molecular formula is C94H180. The summed E-state index contributed by atoms with van der Waals surface area (Å²) in [6.07, 6.45) is 70.4.